The minimum Gasteiger partial charge on any atom is -0.361 e. The fourth-order valence-electron chi connectivity index (χ4n) is 5.16. The lowest BCUT2D eigenvalue weighted by Gasteiger charge is -2.22. The molecule has 0 fully saturated rings. The normalized spacial score (nSPS) is 12.3. The predicted molar refractivity (Wildman–Crippen MR) is 134 cm³/mol. The van der Waals surface area contributed by atoms with Crippen molar-refractivity contribution in [2.45, 2.75) is 33.1 Å². The molecule has 158 valence electrons. The molecule has 0 saturated carbocycles. The molecule has 0 saturated heterocycles. The molecule has 0 aliphatic rings. The summed E-state index contributed by atoms with van der Waals surface area (Å²) in [6.45, 7) is 6.46. The Labute approximate surface area is 188 Å². The Morgan fingerprint density at radius 1 is 0.812 bits per heavy atom. The van der Waals surface area contributed by atoms with Crippen LogP contribution in [-0.2, 0) is 0 Å². The van der Waals surface area contributed by atoms with E-state index in [0.717, 1.165) is 21.9 Å². The van der Waals surface area contributed by atoms with Gasteiger partial charge in [0.25, 0.3) is 0 Å². The molecule has 1 atom stereocenters. The SMILES string of the molecule is Cc1cc(C)c(C(CC(=O)c2ccc3ccccc3c2)c2c[nH]c3ccccc23)c(C)c1. The summed E-state index contributed by atoms with van der Waals surface area (Å²) in [5.74, 6) is 0.163. The summed E-state index contributed by atoms with van der Waals surface area (Å²) in [6, 6.07) is 27.0. The molecule has 2 heteroatoms. The van der Waals surface area contributed by atoms with Crippen LogP contribution in [0.3, 0.4) is 0 Å². The minimum absolute atomic E-state index is 0.00859. The van der Waals surface area contributed by atoms with Crippen LogP contribution in [0.4, 0.5) is 0 Å². The standard InChI is InChI=1S/C30H27NO/c1-19-14-20(2)30(21(3)15-19)26(27-18-31-28-11-7-6-10-25(27)28)17-29(32)24-13-12-22-8-4-5-9-23(22)16-24/h4-16,18,26,31H,17H2,1-3H3. The van der Waals surface area contributed by atoms with Crippen LogP contribution in [0.25, 0.3) is 21.7 Å². The Balaban J connectivity index is 1.62. The van der Waals surface area contributed by atoms with Gasteiger partial charge in [-0.1, -0.05) is 72.3 Å². The van der Waals surface area contributed by atoms with Crippen LogP contribution in [0.5, 0.6) is 0 Å². The summed E-state index contributed by atoms with van der Waals surface area (Å²) in [5, 5.41) is 3.44. The number of Topliss-reactive ketones (excluding diaryl/α,β-unsaturated/α-hetero) is 1. The van der Waals surface area contributed by atoms with Crippen molar-refractivity contribution in [3.05, 3.63) is 118 Å². The summed E-state index contributed by atoms with van der Waals surface area (Å²) in [6.07, 6.45) is 2.52. The van der Waals surface area contributed by atoms with Crippen molar-refractivity contribution in [3.8, 4) is 0 Å². The number of aromatic nitrogens is 1. The number of nitrogens with one attached hydrogen (secondary N) is 1. The fourth-order valence-corrected chi connectivity index (χ4v) is 5.16. The molecule has 0 spiro atoms. The molecule has 0 aliphatic heterocycles. The van der Waals surface area contributed by atoms with Gasteiger partial charge in [0.2, 0.25) is 0 Å². The highest BCUT2D eigenvalue weighted by Crippen LogP contribution is 2.38. The first kappa shape index (κ1) is 20.3. The second-order valence-electron chi connectivity index (χ2n) is 8.84. The van der Waals surface area contributed by atoms with Gasteiger partial charge < -0.3 is 4.98 Å². The van der Waals surface area contributed by atoms with Gasteiger partial charge in [-0.15, -0.1) is 0 Å². The first-order valence-corrected chi connectivity index (χ1v) is 11.2. The molecule has 0 amide bonds. The summed E-state index contributed by atoms with van der Waals surface area (Å²) >= 11 is 0. The van der Waals surface area contributed by atoms with E-state index in [-0.39, 0.29) is 11.7 Å². The minimum atomic E-state index is -0.00859. The van der Waals surface area contributed by atoms with Crippen molar-refractivity contribution in [1.82, 2.24) is 4.98 Å². The molecule has 5 rings (SSSR count). The number of hydrogen-bond donors (Lipinski definition) is 1. The number of aromatic amines is 1. The lowest BCUT2D eigenvalue weighted by atomic mass is 9.81. The molecule has 4 aromatic carbocycles. The van der Waals surface area contributed by atoms with Crippen molar-refractivity contribution in [1.29, 1.82) is 0 Å². The monoisotopic (exact) mass is 417 g/mol. The lowest BCUT2D eigenvalue weighted by Crippen LogP contribution is -2.12. The van der Waals surface area contributed by atoms with Crippen LogP contribution < -0.4 is 0 Å². The third kappa shape index (κ3) is 3.62. The fraction of sp³-hybridized carbons (Fsp3) is 0.167. The highest BCUT2D eigenvalue weighted by molar-refractivity contribution is 6.01. The molecular weight excluding hydrogens is 390 g/mol. The maximum absolute atomic E-state index is 13.6. The second-order valence-corrected chi connectivity index (χ2v) is 8.84. The first-order chi connectivity index (χ1) is 15.5. The average molecular weight is 418 g/mol. The highest BCUT2D eigenvalue weighted by atomic mass is 16.1. The molecule has 0 bridgehead atoms. The third-order valence-electron chi connectivity index (χ3n) is 6.54. The number of carbonyl (C=O) groups is 1. The number of aryl methyl sites for hydroxylation is 3. The molecule has 1 heterocycles. The zero-order valence-corrected chi connectivity index (χ0v) is 18.8. The molecule has 1 N–H and O–H groups in total. The quantitative estimate of drug-likeness (QED) is 0.293. The number of rotatable bonds is 5. The van der Waals surface area contributed by atoms with E-state index in [1.54, 1.807) is 0 Å². The third-order valence-corrected chi connectivity index (χ3v) is 6.54. The maximum atomic E-state index is 13.6. The molecule has 5 aromatic rings. The van der Waals surface area contributed by atoms with Gasteiger partial charge in [-0.05, 0) is 65.9 Å². The molecule has 2 nitrogen and oxygen atoms in total. The van der Waals surface area contributed by atoms with E-state index >= 15 is 0 Å². The number of hydrogen-bond acceptors (Lipinski definition) is 1. The van der Waals surface area contributed by atoms with Crippen LogP contribution in [0.2, 0.25) is 0 Å². The van der Waals surface area contributed by atoms with E-state index in [1.165, 1.54) is 33.2 Å². The van der Waals surface area contributed by atoms with Gasteiger partial charge in [-0.25, -0.2) is 0 Å². The van der Waals surface area contributed by atoms with Gasteiger partial charge in [-0.2, -0.15) is 0 Å². The van der Waals surface area contributed by atoms with Crippen LogP contribution in [0.15, 0.2) is 85.1 Å². The lowest BCUT2D eigenvalue weighted by molar-refractivity contribution is 0.0978. The van der Waals surface area contributed by atoms with Crippen LogP contribution in [0, 0.1) is 20.8 Å². The number of benzene rings is 4. The topological polar surface area (TPSA) is 32.9 Å². The Hall–Kier alpha value is -3.65. The summed E-state index contributed by atoms with van der Waals surface area (Å²) < 4.78 is 0. The molecule has 0 aliphatic carbocycles. The maximum Gasteiger partial charge on any atom is 0.163 e. The number of carbonyl (C=O) groups excluding carboxylic acids is 1. The average Bonchev–Trinajstić information content (AvgIpc) is 3.21. The summed E-state index contributed by atoms with van der Waals surface area (Å²) in [4.78, 5) is 17.0. The molecule has 1 aromatic heterocycles. The largest absolute Gasteiger partial charge is 0.361 e. The Morgan fingerprint density at radius 3 is 2.28 bits per heavy atom. The molecule has 32 heavy (non-hydrogen) atoms. The van der Waals surface area contributed by atoms with Crippen molar-refractivity contribution >= 4 is 27.5 Å². The van der Waals surface area contributed by atoms with E-state index in [1.807, 2.05) is 36.4 Å². The van der Waals surface area contributed by atoms with E-state index in [2.05, 4.69) is 74.4 Å². The van der Waals surface area contributed by atoms with Crippen molar-refractivity contribution in [3.63, 3.8) is 0 Å². The number of ketones is 1. The van der Waals surface area contributed by atoms with E-state index < -0.39 is 0 Å². The number of H-pyrrole nitrogens is 1. The summed E-state index contributed by atoms with van der Waals surface area (Å²) in [7, 11) is 0. The van der Waals surface area contributed by atoms with E-state index in [0.29, 0.717) is 6.42 Å². The van der Waals surface area contributed by atoms with Crippen molar-refractivity contribution in [2.24, 2.45) is 0 Å². The Kier molecular flexibility index (Phi) is 5.14. The van der Waals surface area contributed by atoms with Crippen LogP contribution in [-0.4, -0.2) is 10.8 Å². The zero-order valence-electron chi connectivity index (χ0n) is 18.8. The number of para-hydroxylation sites is 1. The smallest absolute Gasteiger partial charge is 0.163 e. The molecular formula is C30H27NO. The van der Waals surface area contributed by atoms with E-state index in [4.69, 9.17) is 0 Å². The highest BCUT2D eigenvalue weighted by Gasteiger charge is 2.25. The molecule has 1 unspecified atom stereocenters. The second kappa shape index (κ2) is 8.12. The van der Waals surface area contributed by atoms with Gasteiger partial charge in [0, 0.05) is 35.0 Å². The number of fused-ring (bicyclic) bond motifs is 2. The van der Waals surface area contributed by atoms with Crippen LogP contribution in [0.1, 0.15) is 50.5 Å². The van der Waals surface area contributed by atoms with E-state index in [9.17, 15) is 4.79 Å². The zero-order chi connectivity index (χ0) is 22.2. The van der Waals surface area contributed by atoms with Crippen molar-refractivity contribution in [2.75, 3.05) is 0 Å². The van der Waals surface area contributed by atoms with Crippen LogP contribution >= 0.6 is 0 Å². The molecule has 0 radical (unpaired) electrons. The van der Waals surface area contributed by atoms with Gasteiger partial charge >= 0.3 is 0 Å². The van der Waals surface area contributed by atoms with Gasteiger partial charge in [0.1, 0.15) is 0 Å². The van der Waals surface area contributed by atoms with Crippen molar-refractivity contribution < 1.29 is 4.79 Å². The predicted octanol–water partition coefficient (Wildman–Crippen LogP) is 7.65. The van der Waals surface area contributed by atoms with Gasteiger partial charge in [0.05, 0.1) is 0 Å². The Morgan fingerprint density at radius 2 is 1.50 bits per heavy atom. The first-order valence-electron chi connectivity index (χ1n) is 11.2. The Bertz CT molecular complexity index is 1430. The van der Waals surface area contributed by atoms with Gasteiger partial charge in [-0.3, -0.25) is 4.79 Å². The summed E-state index contributed by atoms with van der Waals surface area (Å²) in [5.41, 5.74) is 8.05. The van der Waals surface area contributed by atoms with Gasteiger partial charge in [0.15, 0.2) is 5.78 Å².